The van der Waals surface area contributed by atoms with Crippen molar-refractivity contribution in [3.05, 3.63) is 137 Å². The van der Waals surface area contributed by atoms with Crippen LogP contribution in [0, 0.1) is 11.3 Å². The van der Waals surface area contributed by atoms with E-state index in [0.29, 0.717) is 51.5 Å². The molecule has 0 fully saturated rings. The van der Waals surface area contributed by atoms with Crippen LogP contribution >= 0.6 is 11.6 Å². The van der Waals surface area contributed by atoms with Gasteiger partial charge >= 0.3 is 0 Å². The minimum Gasteiger partial charge on any atom is -0.457 e. The van der Waals surface area contributed by atoms with Crippen LogP contribution in [0.15, 0.2) is 104 Å². The minimum absolute atomic E-state index is 0.229. The van der Waals surface area contributed by atoms with Crippen LogP contribution in [0.2, 0.25) is 5.02 Å². The van der Waals surface area contributed by atoms with Gasteiger partial charge in [-0.15, -0.1) is 0 Å². The van der Waals surface area contributed by atoms with Crippen LogP contribution in [-0.2, 0) is 6.54 Å². The van der Waals surface area contributed by atoms with Crippen molar-refractivity contribution < 1.29 is 23.9 Å². The normalized spacial score (nSPS) is 9.63. The Kier molecular flexibility index (Phi) is 14.6. The van der Waals surface area contributed by atoms with Crippen molar-refractivity contribution in [3.63, 3.8) is 0 Å². The summed E-state index contributed by atoms with van der Waals surface area (Å²) in [5.74, 6) is 1.50. The molecule has 250 valence electrons. The molecule has 5 aromatic rings. The summed E-state index contributed by atoms with van der Waals surface area (Å²) >= 11 is 5.63. The van der Waals surface area contributed by atoms with Gasteiger partial charge in [0.05, 0.1) is 11.6 Å². The van der Waals surface area contributed by atoms with Crippen molar-refractivity contribution >= 4 is 29.3 Å². The number of carbonyl (C=O) groups excluding carboxylic acids is 3. The highest BCUT2D eigenvalue weighted by Gasteiger charge is 2.08. The van der Waals surface area contributed by atoms with Gasteiger partial charge in [-0.25, -0.2) is 0 Å². The van der Waals surface area contributed by atoms with Crippen LogP contribution in [0.3, 0.4) is 0 Å². The molecule has 13 nitrogen and oxygen atoms in total. The molecule has 0 saturated heterocycles. The molecule has 0 bridgehead atoms. The number of ether oxygens (including phenoxy) is 2. The van der Waals surface area contributed by atoms with E-state index in [4.69, 9.17) is 32.1 Å². The Balaban J connectivity index is 0.000000207. The molecule has 49 heavy (non-hydrogen) atoms. The summed E-state index contributed by atoms with van der Waals surface area (Å²) in [6.07, 6.45) is 4.52. The second-order valence-corrected chi connectivity index (χ2v) is 9.98. The summed E-state index contributed by atoms with van der Waals surface area (Å²) in [6, 6.07) is 25.9. The van der Waals surface area contributed by atoms with Gasteiger partial charge in [0.2, 0.25) is 0 Å². The Morgan fingerprint density at radius 1 is 0.673 bits per heavy atom. The second kappa shape index (κ2) is 19.3. The molecule has 3 aromatic heterocycles. The molecule has 5 rings (SSSR count). The number of nitrogens with zero attached hydrogens (tertiary/aromatic N) is 4. The lowest BCUT2D eigenvalue weighted by Gasteiger charge is -2.07. The largest absolute Gasteiger partial charge is 0.457 e. The Bertz CT molecular complexity index is 1930. The summed E-state index contributed by atoms with van der Waals surface area (Å²) in [4.78, 5) is 45.6. The number of amides is 3. The molecule has 0 aliphatic carbocycles. The van der Waals surface area contributed by atoms with Gasteiger partial charge < -0.3 is 31.2 Å². The van der Waals surface area contributed by atoms with Crippen LogP contribution in [-0.4, -0.2) is 53.8 Å². The molecule has 5 N–H and O–H groups in total. The number of nitrogens with two attached hydrogens (primary N) is 1. The summed E-state index contributed by atoms with van der Waals surface area (Å²) in [7, 11) is 4.64. The van der Waals surface area contributed by atoms with E-state index >= 15 is 0 Å². The molecule has 0 unspecified atom stereocenters. The zero-order chi connectivity index (χ0) is 35.6. The highest BCUT2D eigenvalue weighted by atomic mass is 35.5. The number of pyridine rings is 3. The van der Waals surface area contributed by atoms with E-state index in [2.05, 4.69) is 30.9 Å². The molecule has 14 heteroatoms. The highest BCUT2D eigenvalue weighted by Crippen LogP contribution is 2.23. The number of rotatable bonds is 8. The first-order valence-electron chi connectivity index (χ1n) is 14.5. The van der Waals surface area contributed by atoms with E-state index in [1.807, 2.05) is 30.3 Å². The van der Waals surface area contributed by atoms with Gasteiger partial charge in [-0.2, -0.15) is 5.26 Å². The molecule has 0 atom stereocenters. The van der Waals surface area contributed by atoms with E-state index in [0.717, 1.165) is 5.56 Å². The maximum Gasteiger partial charge on any atom is 0.269 e. The van der Waals surface area contributed by atoms with Gasteiger partial charge in [-0.05, 0) is 60.2 Å². The zero-order valence-electron chi connectivity index (χ0n) is 26.8. The fourth-order valence-electron chi connectivity index (χ4n) is 3.75. The number of hydrogen-bond donors (Lipinski definition) is 4. The number of benzene rings is 2. The van der Waals surface area contributed by atoms with E-state index in [-0.39, 0.29) is 23.4 Å². The van der Waals surface area contributed by atoms with Gasteiger partial charge in [-0.1, -0.05) is 29.8 Å². The zero-order valence-corrected chi connectivity index (χ0v) is 27.6. The summed E-state index contributed by atoms with van der Waals surface area (Å²) < 4.78 is 11.3. The maximum atomic E-state index is 11.5. The molecular weight excluding hydrogens is 648 g/mol. The van der Waals surface area contributed by atoms with E-state index in [9.17, 15) is 14.4 Å². The van der Waals surface area contributed by atoms with Crippen LogP contribution in [0.25, 0.3) is 0 Å². The van der Waals surface area contributed by atoms with Crippen molar-refractivity contribution in [3.8, 4) is 29.1 Å². The fourth-order valence-corrected chi connectivity index (χ4v) is 3.91. The maximum absolute atomic E-state index is 11.5. The smallest absolute Gasteiger partial charge is 0.269 e. The lowest BCUT2D eigenvalue weighted by Crippen LogP contribution is -2.18. The topological polar surface area (TPSA) is 194 Å². The predicted octanol–water partition coefficient (Wildman–Crippen LogP) is 4.89. The van der Waals surface area contributed by atoms with E-state index in [1.165, 1.54) is 37.8 Å². The number of halogens is 1. The molecule has 0 aliphatic rings. The summed E-state index contributed by atoms with van der Waals surface area (Å²) in [6.45, 7) is 0.455. The molecule has 0 saturated carbocycles. The molecule has 0 spiro atoms. The first kappa shape index (κ1) is 37.1. The van der Waals surface area contributed by atoms with Crippen molar-refractivity contribution in [1.82, 2.24) is 30.9 Å². The first-order valence-corrected chi connectivity index (χ1v) is 14.9. The minimum atomic E-state index is -0.281. The Hall–Kier alpha value is -6.36. The Morgan fingerprint density at radius 3 is 1.59 bits per heavy atom. The Morgan fingerprint density at radius 2 is 1.12 bits per heavy atom. The Labute approximate surface area is 288 Å². The number of aromatic nitrogens is 3. The van der Waals surface area contributed by atoms with Gasteiger partial charge in [-0.3, -0.25) is 29.3 Å². The van der Waals surface area contributed by atoms with Crippen LogP contribution in [0.4, 0.5) is 0 Å². The average Bonchev–Trinajstić information content (AvgIpc) is 3.14. The van der Waals surface area contributed by atoms with E-state index in [1.54, 1.807) is 62.6 Å². The predicted molar refractivity (Wildman–Crippen MR) is 184 cm³/mol. The molecule has 3 amide bonds. The van der Waals surface area contributed by atoms with Gasteiger partial charge in [0, 0.05) is 63.4 Å². The molecule has 3 heterocycles. The molecule has 2 aromatic carbocycles. The van der Waals surface area contributed by atoms with Crippen molar-refractivity contribution in [2.75, 3.05) is 21.1 Å². The van der Waals surface area contributed by atoms with Crippen molar-refractivity contribution in [2.45, 2.75) is 6.54 Å². The average molecular weight is 681 g/mol. The van der Waals surface area contributed by atoms with Crippen LogP contribution in [0.5, 0.6) is 23.0 Å². The van der Waals surface area contributed by atoms with Crippen molar-refractivity contribution in [1.29, 1.82) is 5.26 Å². The van der Waals surface area contributed by atoms with Crippen LogP contribution < -0.4 is 31.2 Å². The first-order chi connectivity index (χ1) is 23.7. The number of hydrogen-bond acceptors (Lipinski definition) is 10. The monoisotopic (exact) mass is 680 g/mol. The third-order valence-electron chi connectivity index (χ3n) is 6.13. The van der Waals surface area contributed by atoms with Gasteiger partial charge in [0.25, 0.3) is 17.7 Å². The summed E-state index contributed by atoms with van der Waals surface area (Å²) in [5, 5.41) is 16.8. The highest BCUT2D eigenvalue weighted by molar-refractivity contribution is 6.30. The number of nitriles is 1. The third-order valence-corrected chi connectivity index (χ3v) is 6.37. The van der Waals surface area contributed by atoms with Gasteiger partial charge in [0.15, 0.2) is 0 Å². The molecular formula is C35H33ClN8O5. The summed E-state index contributed by atoms with van der Waals surface area (Å²) in [5.41, 5.74) is 7.99. The number of nitrogens with one attached hydrogen (secondary N) is 3. The number of carbonyl (C=O) groups is 3. The van der Waals surface area contributed by atoms with Crippen LogP contribution in [0.1, 0.15) is 42.6 Å². The molecule has 0 radical (unpaired) electrons. The quantitative estimate of drug-likeness (QED) is 0.175. The lowest BCUT2D eigenvalue weighted by molar-refractivity contribution is 0.0950. The SMILES string of the molecule is CNC(=O)c1cc(Cl)ccn1.CNC(=O)c1cc(Oc2cccc(C#N)c2)ccn1.CNC(=O)c1cc(Oc2cccc(CN)c2)ccn1. The van der Waals surface area contributed by atoms with Crippen molar-refractivity contribution in [2.24, 2.45) is 5.73 Å². The molecule has 0 aliphatic heterocycles. The third kappa shape index (κ3) is 12.1. The van der Waals surface area contributed by atoms with E-state index < -0.39 is 0 Å². The standard InChI is InChI=1S/C14H15N3O2.C14H11N3O2.C7H7ClN2O/c2*1-16-14(18)13-8-12(5-6-17-13)19-11-4-2-3-10(7-11)9-15;1-9-7(11)6-4-5(8)2-3-10-6/h2-8H,9,15H2,1H3,(H,16,18);2-8H,1H3,(H,16,18);2-4H,1H3,(H,9,11). The second-order valence-electron chi connectivity index (χ2n) is 9.55. The lowest BCUT2D eigenvalue weighted by atomic mass is 10.2. The fraction of sp³-hybridized carbons (Fsp3) is 0.114. The van der Waals surface area contributed by atoms with Gasteiger partial charge in [0.1, 0.15) is 40.1 Å².